The second kappa shape index (κ2) is 12.0. The number of thioether (sulfide) groups is 1. The molecule has 1 aromatic rings. The molecule has 1 unspecified atom stereocenters. The van der Waals surface area contributed by atoms with Gasteiger partial charge in [0.15, 0.2) is 5.96 Å². The molecule has 2 N–H and O–H groups in total. The highest BCUT2D eigenvalue weighted by Crippen LogP contribution is 2.20. The van der Waals surface area contributed by atoms with Gasteiger partial charge in [-0.25, -0.2) is 0 Å². The topological polar surface area (TPSA) is 48.9 Å². The number of rotatable bonds is 10. The van der Waals surface area contributed by atoms with Crippen molar-refractivity contribution in [2.45, 2.75) is 18.9 Å². The Kier molecular flexibility index (Phi) is 10.4. The molecule has 1 aromatic carbocycles. The Balaban J connectivity index is 2.52. The third-order valence-corrected chi connectivity index (χ3v) is 4.57. The molecule has 1 rings (SSSR count). The van der Waals surface area contributed by atoms with Crippen molar-refractivity contribution in [1.29, 1.82) is 0 Å². The first kappa shape index (κ1) is 20.6. The molecule has 6 heteroatoms. The second-order valence-corrected chi connectivity index (χ2v) is 6.82. The third kappa shape index (κ3) is 7.45. The first-order valence-electron chi connectivity index (χ1n) is 8.36. The Morgan fingerprint density at radius 3 is 2.46 bits per heavy atom. The van der Waals surface area contributed by atoms with Gasteiger partial charge < -0.3 is 20.3 Å². The molecule has 5 nitrogen and oxygen atoms in total. The lowest BCUT2D eigenvalue weighted by molar-refractivity contribution is 0.298. The zero-order chi connectivity index (χ0) is 17.8. The van der Waals surface area contributed by atoms with Gasteiger partial charge in [-0.1, -0.05) is 12.1 Å². The van der Waals surface area contributed by atoms with Gasteiger partial charge in [-0.3, -0.25) is 4.99 Å². The zero-order valence-electron chi connectivity index (χ0n) is 15.6. The van der Waals surface area contributed by atoms with Gasteiger partial charge in [-0.2, -0.15) is 11.8 Å². The molecule has 0 bridgehead atoms. The lowest BCUT2D eigenvalue weighted by Crippen LogP contribution is -2.42. The maximum atomic E-state index is 5.24. The minimum Gasteiger partial charge on any atom is -0.497 e. The summed E-state index contributed by atoms with van der Waals surface area (Å²) in [5, 5.41) is 6.81. The fourth-order valence-corrected chi connectivity index (χ4v) is 2.91. The quantitative estimate of drug-likeness (QED) is 0.385. The molecule has 0 aliphatic rings. The van der Waals surface area contributed by atoms with E-state index in [0.29, 0.717) is 0 Å². The van der Waals surface area contributed by atoms with Gasteiger partial charge in [0.1, 0.15) is 5.75 Å². The minimum atomic E-state index is 0.269. The van der Waals surface area contributed by atoms with Crippen LogP contribution in [-0.2, 0) is 0 Å². The summed E-state index contributed by atoms with van der Waals surface area (Å²) in [7, 11) is 7.69. The lowest BCUT2D eigenvalue weighted by Gasteiger charge is -2.26. The zero-order valence-corrected chi connectivity index (χ0v) is 16.4. The van der Waals surface area contributed by atoms with Gasteiger partial charge in [-0.05, 0) is 56.6 Å². The monoisotopic (exact) mass is 352 g/mol. The molecule has 0 aromatic heterocycles. The molecule has 0 radical (unpaired) electrons. The van der Waals surface area contributed by atoms with Crippen molar-refractivity contribution < 1.29 is 4.74 Å². The van der Waals surface area contributed by atoms with Crippen LogP contribution in [0.4, 0.5) is 0 Å². The number of hydrogen-bond donors (Lipinski definition) is 2. The number of nitrogens with one attached hydrogen (secondary N) is 2. The molecule has 0 aliphatic heterocycles. The largest absolute Gasteiger partial charge is 0.497 e. The predicted molar refractivity (Wildman–Crippen MR) is 106 cm³/mol. The number of methoxy groups -OCH3 is 1. The van der Waals surface area contributed by atoms with E-state index in [1.807, 2.05) is 30.9 Å². The van der Waals surface area contributed by atoms with Crippen LogP contribution in [0.2, 0.25) is 0 Å². The molecule has 0 saturated heterocycles. The van der Waals surface area contributed by atoms with Crippen LogP contribution in [0.5, 0.6) is 5.75 Å². The highest BCUT2D eigenvalue weighted by molar-refractivity contribution is 7.98. The number of aliphatic imine (C=N–C) groups is 1. The molecule has 0 amide bonds. The van der Waals surface area contributed by atoms with Crippen molar-refractivity contribution in [2.75, 3.05) is 53.4 Å². The van der Waals surface area contributed by atoms with E-state index in [-0.39, 0.29) is 6.04 Å². The number of guanidine groups is 1. The highest BCUT2D eigenvalue weighted by atomic mass is 32.2. The van der Waals surface area contributed by atoms with Gasteiger partial charge in [-0.15, -0.1) is 0 Å². The Morgan fingerprint density at radius 2 is 1.92 bits per heavy atom. The lowest BCUT2D eigenvalue weighted by atomic mass is 10.1. The Morgan fingerprint density at radius 1 is 1.21 bits per heavy atom. The summed E-state index contributed by atoms with van der Waals surface area (Å²) in [6.45, 7) is 1.75. The van der Waals surface area contributed by atoms with Gasteiger partial charge in [0.25, 0.3) is 0 Å². The maximum Gasteiger partial charge on any atom is 0.191 e. The molecule has 0 fully saturated rings. The molecule has 0 spiro atoms. The number of hydrogen-bond acceptors (Lipinski definition) is 4. The highest BCUT2D eigenvalue weighted by Gasteiger charge is 2.14. The van der Waals surface area contributed by atoms with Crippen LogP contribution < -0.4 is 15.4 Å². The van der Waals surface area contributed by atoms with E-state index in [0.717, 1.165) is 31.2 Å². The van der Waals surface area contributed by atoms with Crippen molar-refractivity contribution in [3.63, 3.8) is 0 Å². The normalized spacial score (nSPS) is 13.0. The fourth-order valence-electron chi connectivity index (χ4n) is 2.42. The van der Waals surface area contributed by atoms with E-state index in [2.05, 4.69) is 53.0 Å². The first-order chi connectivity index (χ1) is 11.6. The van der Waals surface area contributed by atoms with Crippen LogP contribution in [0.15, 0.2) is 29.3 Å². The van der Waals surface area contributed by atoms with Crippen molar-refractivity contribution in [3.05, 3.63) is 29.8 Å². The summed E-state index contributed by atoms with van der Waals surface area (Å²) in [4.78, 5) is 6.52. The number of ether oxygens (including phenoxy) is 1. The SMILES string of the molecule is CN=C(NCCCCSC)NCC(c1ccc(OC)cc1)N(C)C. The first-order valence-corrected chi connectivity index (χ1v) is 9.75. The molecule has 24 heavy (non-hydrogen) atoms. The van der Waals surface area contributed by atoms with Crippen molar-refractivity contribution >= 4 is 17.7 Å². The standard InChI is InChI=1S/C18H32N4OS/c1-19-18(20-12-6-7-13-24-5)21-14-17(22(2)3)15-8-10-16(23-4)11-9-15/h8-11,17H,6-7,12-14H2,1-5H3,(H2,19,20,21). The Hall–Kier alpha value is -1.40. The van der Waals surface area contributed by atoms with Crippen molar-refractivity contribution in [1.82, 2.24) is 15.5 Å². The van der Waals surface area contributed by atoms with E-state index in [1.165, 1.54) is 17.7 Å². The number of nitrogens with zero attached hydrogens (tertiary/aromatic N) is 2. The summed E-state index contributed by atoms with van der Waals surface area (Å²) in [6, 6.07) is 8.51. The Bertz CT molecular complexity index is 476. The molecule has 0 saturated carbocycles. The van der Waals surface area contributed by atoms with E-state index >= 15 is 0 Å². The molecule has 0 aliphatic carbocycles. The molecular formula is C18H32N4OS. The third-order valence-electron chi connectivity index (χ3n) is 3.88. The minimum absolute atomic E-state index is 0.269. The number of likely N-dealkylation sites (N-methyl/N-ethyl adjacent to an activating group) is 1. The number of benzene rings is 1. The predicted octanol–water partition coefficient (Wildman–Crippen LogP) is 2.61. The molecular weight excluding hydrogens is 320 g/mol. The van der Waals surface area contributed by atoms with Crippen LogP contribution in [0.3, 0.4) is 0 Å². The van der Waals surface area contributed by atoms with Gasteiger partial charge in [0.05, 0.1) is 13.2 Å². The smallest absolute Gasteiger partial charge is 0.191 e. The summed E-state index contributed by atoms with van der Waals surface area (Å²) in [5.41, 5.74) is 1.25. The molecule has 0 heterocycles. The van der Waals surface area contributed by atoms with Gasteiger partial charge in [0.2, 0.25) is 0 Å². The summed E-state index contributed by atoms with van der Waals surface area (Å²) in [6.07, 6.45) is 4.54. The van der Waals surface area contributed by atoms with Gasteiger partial charge >= 0.3 is 0 Å². The summed E-state index contributed by atoms with van der Waals surface area (Å²) in [5.74, 6) is 2.96. The van der Waals surface area contributed by atoms with E-state index in [4.69, 9.17) is 4.74 Å². The van der Waals surface area contributed by atoms with Crippen molar-refractivity contribution in [3.8, 4) is 5.75 Å². The summed E-state index contributed by atoms with van der Waals surface area (Å²) < 4.78 is 5.24. The van der Waals surface area contributed by atoms with Crippen LogP contribution >= 0.6 is 11.8 Å². The van der Waals surface area contributed by atoms with E-state index in [1.54, 1.807) is 7.11 Å². The van der Waals surface area contributed by atoms with Gasteiger partial charge in [0, 0.05) is 20.1 Å². The van der Waals surface area contributed by atoms with Crippen LogP contribution in [0, 0.1) is 0 Å². The molecule has 136 valence electrons. The van der Waals surface area contributed by atoms with E-state index < -0.39 is 0 Å². The van der Waals surface area contributed by atoms with E-state index in [9.17, 15) is 0 Å². The number of unbranched alkanes of at least 4 members (excludes halogenated alkanes) is 1. The fraction of sp³-hybridized carbons (Fsp3) is 0.611. The maximum absolute atomic E-state index is 5.24. The average molecular weight is 353 g/mol. The van der Waals surface area contributed by atoms with Crippen LogP contribution in [0.25, 0.3) is 0 Å². The second-order valence-electron chi connectivity index (χ2n) is 5.83. The molecule has 1 atom stereocenters. The Labute approximate surface area is 151 Å². The van der Waals surface area contributed by atoms with Crippen molar-refractivity contribution in [2.24, 2.45) is 4.99 Å². The van der Waals surface area contributed by atoms with Crippen LogP contribution in [0.1, 0.15) is 24.4 Å². The summed E-state index contributed by atoms with van der Waals surface area (Å²) >= 11 is 1.90. The van der Waals surface area contributed by atoms with Crippen LogP contribution in [-0.4, -0.2) is 64.2 Å². The average Bonchev–Trinajstić information content (AvgIpc) is 2.60.